The molecule has 1 aliphatic rings. The maximum absolute atomic E-state index is 13.2. The van der Waals surface area contributed by atoms with Gasteiger partial charge >= 0.3 is 0 Å². The Kier molecular flexibility index (Phi) is 3.84. The van der Waals surface area contributed by atoms with Crippen LogP contribution in [-0.2, 0) is 0 Å². The molecule has 98 valence electrons. The molecule has 2 nitrogen and oxygen atoms in total. The second-order valence-electron chi connectivity index (χ2n) is 4.13. The first-order valence-corrected chi connectivity index (χ1v) is 5.71. The van der Waals surface area contributed by atoms with Gasteiger partial charge in [-0.15, -0.1) is 0 Å². The van der Waals surface area contributed by atoms with Gasteiger partial charge in [-0.1, -0.05) is 11.6 Å². The van der Waals surface area contributed by atoms with Gasteiger partial charge in [0.1, 0.15) is 5.69 Å². The molecule has 0 aliphatic heterocycles. The van der Waals surface area contributed by atoms with Crippen molar-refractivity contribution in [2.75, 3.05) is 11.9 Å². The van der Waals surface area contributed by atoms with Crippen LogP contribution in [0.2, 0.25) is 0 Å². The third kappa shape index (κ3) is 2.63. The summed E-state index contributed by atoms with van der Waals surface area (Å²) in [5.41, 5.74) is 0.400. The lowest BCUT2D eigenvalue weighted by Gasteiger charge is -2.09. The zero-order chi connectivity index (χ0) is 13.1. The SMILES string of the molecule is Fc1nc(F)c(F)c(NCCC2=CCCC2)c1F. The van der Waals surface area contributed by atoms with E-state index in [1.54, 1.807) is 0 Å². The van der Waals surface area contributed by atoms with E-state index < -0.39 is 29.2 Å². The molecule has 1 aliphatic carbocycles. The summed E-state index contributed by atoms with van der Waals surface area (Å²) < 4.78 is 52.1. The number of rotatable bonds is 4. The number of pyridine rings is 1. The van der Waals surface area contributed by atoms with Gasteiger partial charge in [-0.05, 0) is 25.7 Å². The van der Waals surface area contributed by atoms with Crippen LogP contribution in [0.5, 0.6) is 0 Å². The summed E-state index contributed by atoms with van der Waals surface area (Å²) in [6.45, 7) is 0.225. The summed E-state index contributed by atoms with van der Waals surface area (Å²) in [4.78, 5) is 2.48. The molecule has 1 N–H and O–H groups in total. The van der Waals surface area contributed by atoms with Crippen molar-refractivity contribution in [3.63, 3.8) is 0 Å². The fourth-order valence-electron chi connectivity index (χ4n) is 1.95. The van der Waals surface area contributed by atoms with Crippen LogP contribution < -0.4 is 5.32 Å². The number of halogens is 4. The molecule has 1 heterocycles. The van der Waals surface area contributed by atoms with Gasteiger partial charge in [0, 0.05) is 6.54 Å². The lowest BCUT2D eigenvalue weighted by atomic mass is 10.1. The zero-order valence-electron chi connectivity index (χ0n) is 9.57. The summed E-state index contributed by atoms with van der Waals surface area (Å²) in [7, 11) is 0. The van der Waals surface area contributed by atoms with Crippen molar-refractivity contribution < 1.29 is 17.6 Å². The van der Waals surface area contributed by atoms with Crippen LogP contribution in [0.4, 0.5) is 23.2 Å². The number of nitrogens with zero attached hydrogens (tertiary/aromatic N) is 1. The van der Waals surface area contributed by atoms with E-state index in [9.17, 15) is 17.6 Å². The highest BCUT2D eigenvalue weighted by Crippen LogP contribution is 2.24. The predicted octanol–water partition coefficient (Wildman–Crippen LogP) is 3.55. The Hall–Kier alpha value is -1.59. The summed E-state index contributed by atoms with van der Waals surface area (Å²) in [6.07, 6.45) is 5.73. The van der Waals surface area contributed by atoms with Crippen LogP contribution in [0.1, 0.15) is 25.7 Å². The maximum atomic E-state index is 13.2. The zero-order valence-corrected chi connectivity index (χ0v) is 9.57. The Morgan fingerprint density at radius 3 is 2.33 bits per heavy atom. The first-order chi connectivity index (χ1) is 8.59. The minimum absolute atomic E-state index is 0.225. The molecule has 0 radical (unpaired) electrons. The highest BCUT2D eigenvalue weighted by atomic mass is 19.2. The third-order valence-electron chi connectivity index (χ3n) is 2.88. The fraction of sp³-hybridized carbons (Fsp3) is 0.417. The molecule has 0 bridgehead atoms. The summed E-state index contributed by atoms with van der Waals surface area (Å²) in [6, 6.07) is 0. The van der Waals surface area contributed by atoms with Crippen LogP contribution in [0, 0.1) is 23.5 Å². The Balaban J connectivity index is 2.04. The molecule has 1 aromatic rings. The molecule has 6 heteroatoms. The van der Waals surface area contributed by atoms with Crippen molar-refractivity contribution in [1.29, 1.82) is 0 Å². The van der Waals surface area contributed by atoms with Crippen LogP contribution in [-0.4, -0.2) is 11.5 Å². The van der Waals surface area contributed by atoms with Gasteiger partial charge in [-0.2, -0.15) is 22.5 Å². The minimum atomic E-state index is -1.64. The molecule has 0 fully saturated rings. The first-order valence-electron chi connectivity index (χ1n) is 5.71. The van der Waals surface area contributed by atoms with Crippen LogP contribution in [0.25, 0.3) is 0 Å². The number of nitrogens with one attached hydrogen (secondary N) is 1. The van der Waals surface area contributed by atoms with E-state index in [2.05, 4.69) is 16.4 Å². The lowest BCUT2D eigenvalue weighted by molar-refractivity contribution is 0.410. The highest BCUT2D eigenvalue weighted by molar-refractivity contribution is 5.45. The number of allylic oxidation sites excluding steroid dienone is 1. The van der Waals surface area contributed by atoms with E-state index in [1.807, 2.05) is 0 Å². The van der Waals surface area contributed by atoms with Crippen molar-refractivity contribution in [2.24, 2.45) is 0 Å². The van der Waals surface area contributed by atoms with Crippen molar-refractivity contribution in [3.8, 4) is 0 Å². The Morgan fingerprint density at radius 2 is 1.78 bits per heavy atom. The molecular formula is C12H12F4N2. The van der Waals surface area contributed by atoms with E-state index in [-0.39, 0.29) is 6.54 Å². The van der Waals surface area contributed by atoms with Gasteiger partial charge in [0.25, 0.3) is 11.9 Å². The van der Waals surface area contributed by atoms with E-state index in [0.29, 0.717) is 6.42 Å². The van der Waals surface area contributed by atoms with Gasteiger partial charge < -0.3 is 5.32 Å². The quantitative estimate of drug-likeness (QED) is 0.508. The van der Waals surface area contributed by atoms with Crippen LogP contribution in [0.15, 0.2) is 11.6 Å². The van der Waals surface area contributed by atoms with E-state index in [4.69, 9.17) is 0 Å². The van der Waals surface area contributed by atoms with E-state index in [1.165, 1.54) is 5.57 Å². The number of aromatic nitrogens is 1. The molecule has 0 atom stereocenters. The van der Waals surface area contributed by atoms with Gasteiger partial charge in [0.15, 0.2) is 0 Å². The molecule has 0 saturated carbocycles. The highest BCUT2D eigenvalue weighted by Gasteiger charge is 2.20. The average molecular weight is 260 g/mol. The van der Waals surface area contributed by atoms with Crippen molar-refractivity contribution in [2.45, 2.75) is 25.7 Å². The molecule has 0 saturated heterocycles. The smallest absolute Gasteiger partial charge is 0.253 e. The van der Waals surface area contributed by atoms with Gasteiger partial charge in [0.2, 0.25) is 11.6 Å². The van der Waals surface area contributed by atoms with E-state index >= 15 is 0 Å². The third-order valence-corrected chi connectivity index (χ3v) is 2.88. The average Bonchev–Trinajstić information content (AvgIpc) is 2.84. The standard InChI is InChI=1S/C12H12F4N2/c13-8-10(9(14)12(16)18-11(8)15)17-6-5-7-3-1-2-4-7/h3H,1-2,4-6H2,(H,17,18). The molecular weight excluding hydrogens is 248 g/mol. The molecule has 0 spiro atoms. The van der Waals surface area contributed by atoms with E-state index in [0.717, 1.165) is 19.3 Å². The molecule has 1 aromatic heterocycles. The monoisotopic (exact) mass is 260 g/mol. The normalized spacial score (nSPS) is 14.8. The van der Waals surface area contributed by atoms with Crippen molar-refractivity contribution in [1.82, 2.24) is 4.98 Å². The summed E-state index contributed by atoms with van der Waals surface area (Å²) in [5, 5.41) is 2.38. The molecule has 0 unspecified atom stereocenters. The first kappa shape index (κ1) is 12.9. The van der Waals surface area contributed by atoms with Gasteiger partial charge in [-0.25, -0.2) is 0 Å². The molecule has 0 aromatic carbocycles. The van der Waals surface area contributed by atoms with Gasteiger partial charge in [0.05, 0.1) is 0 Å². The summed E-state index contributed by atoms with van der Waals surface area (Å²) >= 11 is 0. The van der Waals surface area contributed by atoms with Crippen LogP contribution >= 0.6 is 0 Å². The number of anilines is 1. The second-order valence-corrected chi connectivity index (χ2v) is 4.13. The fourth-order valence-corrected chi connectivity index (χ4v) is 1.95. The topological polar surface area (TPSA) is 24.9 Å². The summed E-state index contributed by atoms with van der Waals surface area (Å²) in [5.74, 6) is -6.27. The van der Waals surface area contributed by atoms with Crippen LogP contribution in [0.3, 0.4) is 0 Å². The molecule has 18 heavy (non-hydrogen) atoms. The maximum Gasteiger partial charge on any atom is 0.253 e. The number of hydrogen-bond donors (Lipinski definition) is 1. The minimum Gasteiger partial charge on any atom is -0.380 e. The largest absolute Gasteiger partial charge is 0.380 e. The second kappa shape index (κ2) is 5.37. The molecule has 2 rings (SSSR count). The Labute approximate surface area is 102 Å². The molecule has 0 amide bonds. The Morgan fingerprint density at radius 1 is 1.11 bits per heavy atom. The van der Waals surface area contributed by atoms with Crippen molar-refractivity contribution >= 4 is 5.69 Å². The lowest BCUT2D eigenvalue weighted by Crippen LogP contribution is -2.10. The Bertz CT molecular complexity index is 459. The van der Waals surface area contributed by atoms with Crippen molar-refractivity contribution in [3.05, 3.63) is 35.2 Å². The van der Waals surface area contributed by atoms with Gasteiger partial charge in [-0.3, -0.25) is 0 Å². The predicted molar refractivity (Wildman–Crippen MR) is 59.1 cm³/mol. The number of hydrogen-bond acceptors (Lipinski definition) is 2.